The molecule has 2 heterocycles. The van der Waals surface area contributed by atoms with Crippen LogP contribution in [-0.4, -0.2) is 55.3 Å². The molecule has 1 aromatic heterocycles. The fourth-order valence-electron chi connectivity index (χ4n) is 3.37. The summed E-state index contributed by atoms with van der Waals surface area (Å²) in [4.78, 5) is 16.8. The average Bonchev–Trinajstić information content (AvgIpc) is 3.07. The molecule has 1 fully saturated rings. The van der Waals surface area contributed by atoms with E-state index in [9.17, 15) is 4.79 Å². The Labute approximate surface area is 164 Å². The average molecular weight is 397 g/mol. The number of hydrazine groups is 1. The van der Waals surface area contributed by atoms with E-state index in [1.807, 2.05) is 6.07 Å². The fourth-order valence-corrected chi connectivity index (χ4v) is 4.62. The number of nitrogens with zero attached hydrogens (tertiary/aromatic N) is 1. The summed E-state index contributed by atoms with van der Waals surface area (Å²) in [6.07, 6.45) is 4.39. The predicted octanol–water partition coefficient (Wildman–Crippen LogP) is 1.70. The van der Waals surface area contributed by atoms with Crippen LogP contribution < -0.4 is 16.2 Å². The Morgan fingerprint density at radius 2 is 2.19 bits per heavy atom. The number of amides is 1. The van der Waals surface area contributed by atoms with E-state index in [2.05, 4.69) is 28.0 Å². The molecule has 0 aromatic carbocycles. The van der Waals surface area contributed by atoms with Crippen LogP contribution in [0.3, 0.4) is 0 Å². The van der Waals surface area contributed by atoms with Crippen LogP contribution in [0.1, 0.15) is 39.9 Å². The summed E-state index contributed by atoms with van der Waals surface area (Å²) < 4.78 is 5.34. The van der Waals surface area contributed by atoms with Crippen molar-refractivity contribution in [1.29, 1.82) is 0 Å². The first kappa shape index (κ1) is 19.5. The number of fused-ring (bicyclic) bond motifs is 1. The second kappa shape index (κ2) is 9.64. The fraction of sp³-hybridized carbons (Fsp3) is 0.667. The van der Waals surface area contributed by atoms with Gasteiger partial charge in [0.25, 0.3) is 5.91 Å². The Bertz CT molecular complexity index is 629. The van der Waals surface area contributed by atoms with Crippen LogP contribution in [0.15, 0.2) is 6.07 Å². The number of thiophene rings is 1. The minimum Gasteiger partial charge on any atom is -0.379 e. The lowest BCUT2D eigenvalue weighted by atomic mass is 9.90. The van der Waals surface area contributed by atoms with E-state index < -0.39 is 0 Å². The number of hydrogen-bond donors (Lipinski definition) is 3. The van der Waals surface area contributed by atoms with E-state index in [4.69, 9.17) is 17.0 Å². The molecule has 1 atom stereocenters. The van der Waals surface area contributed by atoms with Crippen molar-refractivity contribution in [2.45, 2.75) is 32.6 Å². The highest BCUT2D eigenvalue weighted by atomic mass is 32.1. The highest BCUT2D eigenvalue weighted by Gasteiger charge is 2.20. The molecular weight excluding hydrogens is 368 g/mol. The molecule has 144 valence electrons. The smallest absolute Gasteiger partial charge is 0.279 e. The molecule has 8 heteroatoms. The van der Waals surface area contributed by atoms with Gasteiger partial charge < -0.3 is 10.1 Å². The number of carbonyl (C=O) groups is 1. The Kier molecular flexibility index (Phi) is 7.24. The van der Waals surface area contributed by atoms with Crippen LogP contribution >= 0.6 is 23.6 Å². The van der Waals surface area contributed by atoms with Gasteiger partial charge in [0, 0.05) is 24.5 Å². The summed E-state index contributed by atoms with van der Waals surface area (Å²) in [5.41, 5.74) is 6.84. The van der Waals surface area contributed by atoms with Crippen LogP contribution in [0, 0.1) is 5.92 Å². The third-order valence-corrected chi connectivity index (χ3v) is 6.37. The van der Waals surface area contributed by atoms with Crippen molar-refractivity contribution in [3.05, 3.63) is 21.4 Å². The maximum atomic E-state index is 12.3. The molecule has 0 bridgehead atoms. The van der Waals surface area contributed by atoms with Crippen molar-refractivity contribution < 1.29 is 9.53 Å². The summed E-state index contributed by atoms with van der Waals surface area (Å²) in [6, 6.07) is 2.03. The molecule has 0 saturated carbocycles. The molecule has 1 aromatic rings. The van der Waals surface area contributed by atoms with Crippen LogP contribution in [0.25, 0.3) is 0 Å². The van der Waals surface area contributed by atoms with E-state index in [1.54, 1.807) is 11.3 Å². The number of morpholine rings is 1. The molecule has 1 aliphatic heterocycles. The van der Waals surface area contributed by atoms with Crippen molar-refractivity contribution >= 4 is 34.6 Å². The number of carbonyl (C=O) groups excluding carboxylic acids is 1. The minimum atomic E-state index is -0.116. The van der Waals surface area contributed by atoms with Gasteiger partial charge in [0.1, 0.15) is 0 Å². The van der Waals surface area contributed by atoms with Crippen molar-refractivity contribution in [3.8, 4) is 0 Å². The predicted molar refractivity (Wildman–Crippen MR) is 109 cm³/mol. The summed E-state index contributed by atoms with van der Waals surface area (Å²) in [7, 11) is 0. The lowest BCUT2D eigenvalue weighted by Gasteiger charge is -2.26. The van der Waals surface area contributed by atoms with E-state index in [1.165, 1.54) is 16.9 Å². The van der Waals surface area contributed by atoms with Crippen LogP contribution in [0.4, 0.5) is 0 Å². The lowest BCUT2D eigenvalue weighted by Crippen LogP contribution is -2.47. The zero-order chi connectivity index (χ0) is 18.4. The van der Waals surface area contributed by atoms with E-state index >= 15 is 0 Å². The monoisotopic (exact) mass is 396 g/mol. The van der Waals surface area contributed by atoms with Crippen LogP contribution in [-0.2, 0) is 17.6 Å². The summed E-state index contributed by atoms with van der Waals surface area (Å²) in [6.45, 7) is 7.74. The zero-order valence-electron chi connectivity index (χ0n) is 15.3. The minimum absolute atomic E-state index is 0.116. The Balaban J connectivity index is 1.33. The number of ether oxygens (including phenoxy) is 1. The van der Waals surface area contributed by atoms with Gasteiger partial charge in [-0.1, -0.05) is 6.92 Å². The zero-order valence-corrected chi connectivity index (χ0v) is 16.9. The van der Waals surface area contributed by atoms with E-state index in [0.717, 1.165) is 63.5 Å². The third-order valence-electron chi connectivity index (χ3n) is 4.88. The highest BCUT2D eigenvalue weighted by Crippen LogP contribution is 2.32. The van der Waals surface area contributed by atoms with Crippen molar-refractivity contribution in [2.24, 2.45) is 5.92 Å². The molecule has 0 spiro atoms. The number of nitrogens with one attached hydrogen (secondary N) is 3. The van der Waals surface area contributed by atoms with Gasteiger partial charge in [0.05, 0.1) is 18.1 Å². The van der Waals surface area contributed by atoms with Gasteiger partial charge in [-0.15, -0.1) is 11.3 Å². The molecule has 0 radical (unpaired) electrons. The van der Waals surface area contributed by atoms with Crippen molar-refractivity contribution in [1.82, 2.24) is 21.1 Å². The first-order valence-corrected chi connectivity index (χ1v) is 10.6. The molecule has 3 N–H and O–H groups in total. The molecule has 3 rings (SSSR count). The second-order valence-electron chi connectivity index (χ2n) is 7.05. The van der Waals surface area contributed by atoms with Crippen molar-refractivity contribution in [2.75, 3.05) is 39.4 Å². The number of thiocarbonyl (C=S) groups is 1. The SMILES string of the molecule is C[C@@H]1CCc2sc(C(=O)NNC(=S)NCCCN3CCOCC3)cc2C1. The molecule has 0 unspecified atom stereocenters. The molecule has 2 aliphatic rings. The van der Waals surface area contributed by atoms with Gasteiger partial charge in [0.2, 0.25) is 0 Å². The third kappa shape index (κ3) is 5.64. The topological polar surface area (TPSA) is 65.6 Å². The molecule has 6 nitrogen and oxygen atoms in total. The maximum absolute atomic E-state index is 12.3. The normalized spacial score (nSPS) is 20.3. The molecule has 1 amide bonds. The highest BCUT2D eigenvalue weighted by molar-refractivity contribution is 7.80. The summed E-state index contributed by atoms with van der Waals surface area (Å²) in [5, 5.41) is 3.59. The summed E-state index contributed by atoms with van der Waals surface area (Å²) >= 11 is 6.83. The molecular formula is C18H28N4O2S2. The van der Waals surface area contributed by atoms with Crippen LogP contribution in [0.5, 0.6) is 0 Å². The van der Waals surface area contributed by atoms with Gasteiger partial charge in [0.15, 0.2) is 5.11 Å². The quantitative estimate of drug-likeness (QED) is 0.400. The second-order valence-corrected chi connectivity index (χ2v) is 8.59. The Hall–Kier alpha value is -1.22. The Morgan fingerprint density at radius 1 is 1.38 bits per heavy atom. The maximum Gasteiger partial charge on any atom is 0.279 e. The van der Waals surface area contributed by atoms with Crippen LogP contribution in [0.2, 0.25) is 0 Å². The Morgan fingerprint density at radius 3 is 3.00 bits per heavy atom. The lowest BCUT2D eigenvalue weighted by molar-refractivity contribution is 0.0376. The number of rotatable bonds is 5. The van der Waals surface area contributed by atoms with Gasteiger partial charge >= 0.3 is 0 Å². The molecule has 26 heavy (non-hydrogen) atoms. The number of aryl methyl sites for hydroxylation is 1. The van der Waals surface area contributed by atoms with E-state index in [-0.39, 0.29) is 5.91 Å². The van der Waals surface area contributed by atoms with E-state index in [0.29, 0.717) is 11.0 Å². The molecule has 1 aliphatic carbocycles. The van der Waals surface area contributed by atoms with Crippen molar-refractivity contribution in [3.63, 3.8) is 0 Å². The summed E-state index contributed by atoms with van der Waals surface area (Å²) in [5.74, 6) is 0.592. The van der Waals surface area contributed by atoms with Gasteiger partial charge in [-0.2, -0.15) is 0 Å². The largest absolute Gasteiger partial charge is 0.379 e. The van der Waals surface area contributed by atoms with Gasteiger partial charge in [-0.3, -0.25) is 20.5 Å². The standard InChI is InChI=1S/C18H28N4O2S2/c1-13-3-4-15-14(11-13)12-16(26-15)17(23)20-21-18(25)19-5-2-6-22-7-9-24-10-8-22/h12-13H,2-11H2,1H3,(H,20,23)(H2,19,21,25)/t13-/m1/s1. The first-order valence-electron chi connectivity index (χ1n) is 9.37. The number of hydrogen-bond acceptors (Lipinski definition) is 5. The first-order chi connectivity index (χ1) is 12.6. The molecule has 1 saturated heterocycles. The van der Waals surface area contributed by atoms with Gasteiger partial charge in [-0.25, -0.2) is 0 Å². The van der Waals surface area contributed by atoms with Gasteiger partial charge in [-0.05, 0) is 62.0 Å².